The fraction of sp³-hybridized carbons (Fsp3) is 0.769. The van der Waals surface area contributed by atoms with Gasteiger partial charge in [-0.1, -0.05) is 13.8 Å². The summed E-state index contributed by atoms with van der Waals surface area (Å²) in [5.41, 5.74) is 7.33. The van der Waals surface area contributed by atoms with Gasteiger partial charge in [0.15, 0.2) is 0 Å². The highest BCUT2D eigenvalue weighted by atomic mass is 15.1. The van der Waals surface area contributed by atoms with E-state index in [2.05, 4.69) is 23.4 Å². The van der Waals surface area contributed by atoms with Gasteiger partial charge in [0.25, 0.3) is 0 Å². The van der Waals surface area contributed by atoms with Crippen LogP contribution in [0.4, 0.5) is 0 Å². The number of hydrogen-bond acceptors (Lipinski definition) is 2. The van der Waals surface area contributed by atoms with Crippen molar-refractivity contribution in [3.63, 3.8) is 0 Å². The summed E-state index contributed by atoms with van der Waals surface area (Å²) in [5.74, 6) is 0.696. The normalized spacial score (nSPS) is 26.2. The number of aromatic nitrogens is 2. The second kappa shape index (κ2) is 5.00. The van der Waals surface area contributed by atoms with Gasteiger partial charge in [0, 0.05) is 24.0 Å². The van der Waals surface area contributed by atoms with E-state index in [4.69, 9.17) is 5.73 Å². The van der Waals surface area contributed by atoms with Gasteiger partial charge in [-0.25, -0.2) is 4.98 Å². The van der Waals surface area contributed by atoms with Crippen molar-refractivity contribution in [1.82, 2.24) is 9.55 Å². The van der Waals surface area contributed by atoms with Gasteiger partial charge < -0.3 is 10.3 Å². The monoisotopic (exact) mass is 221 g/mol. The summed E-state index contributed by atoms with van der Waals surface area (Å²) < 4.78 is 2.38. The van der Waals surface area contributed by atoms with Gasteiger partial charge in [0.2, 0.25) is 0 Å². The van der Waals surface area contributed by atoms with Crippen molar-refractivity contribution in [2.45, 2.75) is 58.0 Å². The smallest absolute Gasteiger partial charge is 0.0950 e. The number of nitrogens with zero attached hydrogens (tertiary/aromatic N) is 2. The molecular formula is C13H23N3. The molecule has 0 saturated heterocycles. The number of rotatable bonds is 3. The molecule has 0 bridgehead atoms. The van der Waals surface area contributed by atoms with Crippen molar-refractivity contribution in [3.8, 4) is 0 Å². The lowest BCUT2D eigenvalue weighted by atomic mass is 9.91. The zero-order valence-electron chi connectivity index (χ0n) is 10.4. The van der Waals surface area contributed by atoms with Crippen molar-refractivity contribution in [2.75, 3.05) is 0 Å². The minimum absolute atomic E-state index is 0.424. The molecule has 0 radical (unpaired) electrons. The molecule has 2 rings (SSSR count). The average molecular weight is 221 g/mol. The van der Waals surface area contributed by atoms with Crippen LogP contribution in [-0.4, -0.2) is 15.6 Å². The number of hydrogen-bond donors (Lipinski definition) is 1. The van der Waals surface area contributed by atoms with Crippen molar-refractivity contribution in [1.29, 1.82) is 0 Å². The first-order valence-corrected chi connectivity index (χ1v) is 6.43. The van der Waals surface area contributed by atoms with Gasteiger partial charge in [-0.15, -0.1) is 0 Å². The van der Waals surface area contributed by atoms with Crippen LogP contribution in [0.5, 0.6) is 0 Å². The third-order valence-corrected chi connectivity index (χ3v) is 3.50. The van der Waals surface area contributed by atoms with E-state index in [1.807, 2.05) is 12.5 Å². The lowest BCUT2D eigenvalue weighted by Crippen LogP contribution is -2.28. The molecule has 1 aliphatic carbocycles. The standard InChI is InChI=1S/C13H23N3/c1-10(2)7-13-8-15-9-16(13)12-5-3-11(14)4-6-12/h8-12H,3-7,14H2,1-2H3. The first-order chi connectivity index (χ1) is 7.66. The van der Waals surface area contributed by atoms with Gasteiger partial charge in [-0.2, -0.15) is 0 Å². The highest BCUT2D eigenvalue weighted by Gasteiger charge is 2.21. The van der Waals surface area contributed by atoms with E-state index in [0.29, 0.717) is 18.0 Å². The Bertz CT molecular complexity index is 322. The average Bonchev–Trinajstić information content (AvgIpc) is 2.66. The fourth-order valence-electron chi connectivity index (χ4n) is 2.62. The number of nitrogens with two attached hydrogens (primary N) is 1. The maximum atomic E-state index is 5.94. The second-order valence-corrected chi connectivity index (χ2v) is 5.46. The summed E-state index contributed by atoms with van der Waals surface area (Å²) in [7, 11) is 0. The van der Waals surface area contributed by atoms with Crippen LogP contribution < -0.4 is 5.73 Å². The highest BCUT2D eigenvalue weighted by Crippen LogP contribution is 2.29. The molecule has 16 heavy (non-hydrogen) atoms. The van der Waals surface area contributed by atoms with E-state index >= 15 is 0 Å². The summed E-state index contributed by atoms with van der Waals surface area (Å²) in [4.78, 5) is 4.30. The van der Waals surface area contributed by atoms with Gasteiger partial charge in [-0.3, -0.25) is 0 Å². The molecule has 0 aromatic carbocycles. The van der Waals surface area contributed by atoms with Crippen LogP contribution in [0, 0.1) is 5.92 Å². The topological polar surface area (TPSA) is 43.8 Å². The summed E-state index contributed by atoms with van der Waals surface area (Å²) in [5, 5.41) is 0. The molecule has 1 fully saturated rings. The molecule has 1 heterocycles. The Morgan fingerprint density at radius 1 is 1.38 bits per heavy atom. The Hall–Kier alpha value is -0.830. The lowest BCUT2D eigenvalue weighted by Gasteiger charge is -2.28. The van der Waals surface area contributed by atoms with Crippen LogP contribution in [0.25, 0.3) is 0 Å². The van der Waals surface area contributed by atoms with Gasteiger partial charge in [-0.05, 0) is 38.0 Å². The summed E-state index contributed by atoms with van der Waals surface area (Å²) in [6.45, 7) is 4.52. The van der Waals surface area contributed by atoms with Crippen molar-refractivity contribution in [3.05, 3.63) is 18.2 Å². The minimum Gasteiger partial charge on any atom is -0.332 e. The molecule has 0 amide bonds. The molecule has 1 aliphatic rings. The SMILES string of the molecule is CC(C)Cc1cncn1C1CCC(N)CC1. The van der Waals surface area contributed by atoms with E-state index in [1.165, 1.54) is 18.5 Å². The van der Waals surface area contributed by atoms with Gasteiger partial charge in [0.05, 0.1) is 6.33 Å². The molecule has 0 aliphatic heterocycles. The Labute approximate surface area is 98.1 Å². The molecule has 1 saturated carbocycles. The van der Waals surface area contributed by atoms with E-state index in [-0.39, 0.29) is 0 Å². The summed E-state index contributed by atoms with van der Waals surface area (Å²) >= 11 is 0. The quantitative estimate of drug-likeness (QED) is 0.852. The molecule has 90 valence electrons. The predicted molar refractivity (Wildman–Crippen MR) is 66.2 cm³/mol. The Morgan fingerprint density at radius 2 is 2.06 bits per heavy atom. The molecule has 1 aromatic rings. The van der Waals surface area contributed by atoms with Crippen molar-refractivity contribution < 1.29 is 0 Å². The van der Waals surface area contributed by atoms with Crippen LogP contribution in [0.15, 0.2) is 12.5 Å². The zero-order valence-corrected chi connectivity index (χ0v) is 10.4. The van der Waals surface area contributed by atoms with Crippen LogP contribution in [0.1, 0.15) is 51.3 Å². The van der Waals surface area contributed by atoms with Crippen LogP contribution in [-0.2, 0) is 6.42 Å². The molecule has 0 spiro atoms. The summed E-state index contributed by atoms with van der Waals surface area (Å²) in [6, 6.07) is 1.06. The second-order valence-electron chi connectivity index (χ2n) is 5.46. The first kappa shape index (κ1) is 11.6. The van der Waals surface area contributed by atoms with E-state index in [0.717, 1.165) is 19.3 Å². The number of imidazole rings is 1. The Kier molecular flexibility index (Phi) is 3.64. The molecule has 2 N–H and O–H groups in total. The van der Waals surface area contributed by atoms with E-state index < -0.39 is 0 Å². The van der Waals surface area contributed by atoms with Gasteiger partial charge >= 0.3 is 0 Å². The van der Waals surface area contributed by atoms with Crippen LogP contribution >= 0.6 is 0 Å². The molecule has 0 unspecified atom stereocenters. The van der Waals surface area contributed by atoms with E-state index in [1.54, 1.807) is 0 Å². The fourth-order valence-corrected chi connectivity index (χ4v) is 2.62. The molecule has 3 nitrogen and oxygen atoms in total. The predicted octanol–water partition coefficient (Wildman–Crippen LogP) is 2.52. The molecule has 0 atom stereocenters. The zero-order chi connectivity index (χ0) is 11.5. The molecular weight excluding hydrogens is 198 g/mol. The summed E-state index contributed by atoms with van der Waals surface area (Å²) in [6.07, 6.45) is 9.88. The third-order valence-electron chi connectivity index (χ3n) is 3.50. The molecule has 3 heteroatoms. The highest BCUT2D eigenvalue weighted by molar-refractivity contribution is 5.02. The minimum atomic E-state index is 0.424. The van der Waals surface area contributed by atoms with Crippen LogP contribution in [0.2, 0.25) is 0 Å². The molecule has 1 aromatic heterocycles. The van der Waals surface area contributed by atoms with Crippen molar-refractivity contribution >= 4 is 0 Å². The first-order valence-electron chi connectivity index (χ1n) is 6.43. The Balaban J connectivity index is 2.05. The lowest BCUT2D eigenvalue weighted by molar-refractivity contribution is 0.316. The van der Waals surface area contributed by atoms with E-state index in [9.17, 15) is 0 Å². The Morgan fingerprint density at radius 3 is 2.69 bits per heavy atom. The largest absolute Gasteiger partial charge is 0.332 e. The van der Waals surface area contributed by atoms with Gasteiger partial charge in [0.1, 0.15) is 0 Å². The van der Waals surface area contributed by atoms with Crippen LogP contribution in [0.3, 0.4) is 0 Å². The maximum Gasteiger partial charge on any atom is 0.0950 e. The maximum absolute atomic E-state index is 5.94. The third kappa shape index (κ3) is 2.64. The van der Waals surface area contributed by atoms with Crippen molar-refractivity contribution in [2.24, 2.45) is 11.7 Å².